The Kier molecular flexibility index (Phi) is 2.88. The number of benzene rings is 1. The number of halogens is 1. The molecule has 0 radical (unpaired) electrons. The van der Waals surface area contributed by atoms with Crippen LogP contribution < -0.4 is 5.56 Å². The van der Waals surface area contributed by atoms with Crippen LogP contribution in [0.2, 0.25) is 0 Å². The summed E-state index contributed by atoms with van der Waals surface area (Å²) in [6, 6.07) is 8.95. The predicted octanol–water partition coefficient (Wildman–Crippen LogP) is 1.66. The fraction of sp³-hybridized carbons (Fsp3) is 0.182. The highest BCUT2D eigenvalue weighted by Crippen LogP contribution is 2.09. The fourth-order valence-electron chi connectivity index (χ4n) is 1.55. The van der Waals surface area contributed by atoms with Gasteiger partial charge < -0.3 is 0 Å². The number of hydrogen-bond acceptors (Lipinski definition) is 3. The molecule has 80 valence electrons. The van der Waals surface area contributed by atoms with E-state index in [-0.39, 0.29) is 18.0 Å². The van der Waals surface area contributed by atoms with Crippen molar-refractivity contribution in [3.8, 4) is 6.07 Å². The van der Waals surface area contributed by atoms with Crippen LogP contribution in [-0.2, 0) is 12.4 Å². The van der Waals surface area contributed by atoms with Gasteiger partial charge in [0.1, 0.15) is 12.4 Å². The second-order valence-corrected chi connectivity index (χ2v) is 3.50. The van der Waals surface area contributed by atoms with Gasteiger partial charge in [0.05, 0.1) is 22.9 Å². The summed E-state index contributed by atoms with van der Waals surface area (Å²) in [5, 5.41) is 9.16. The maximum Gasteiger partial charge on any atom is 0.262 e. The Bertz CT molecular complexity index is 627. The van der Waals surface area contributed by atoms with Gasteiger partial charge in [-0.05, 0) is 12.1 Å². The molecule has 0 amide bonds. The van der Waals surface area contributed by atoms with Crippen LogP contribution in [0.1, 0.15) is 5.82 Å². The van der Waals surface area contributed by atoms with E-state index in [4.69, 9.17) is 16.9 Å². The van der Waals surface area contributed by atoms with Gasteiger partial charge in [0.25, 0.3) is 5.56 Å². The smallest absolute Gasteiger partial charge is 0.262 e. The van der Waals surface area contributed by atoms with Crippen LogP contribution in [0.4, 0.5) is 0 Å². The number of alkyl halides is 1. The highest BCUT2D eigenvalue weighted by atomic mass is 35.5. The van der Waals surface area contributed by atoms with Crippen LogP contribution in [0.3, 0.4) is 0 Å². The SMILES string of the molecule is N#CCn1c(CCl)nc2ccccc2c1=O. The zero-order chi connectivity index (χ0) is 11.5. The first-order chi connectivity index (χ1) is 7.77. The summed E-state index contributed by atoms with van der Waals surface area (Å²) in [6.07, 6.45) is 0. The van der Waals surface area contributed by atoms with E-state index < -0.39 is 0 Å². The monoisotopic (exact) mass is 233 g/mol. The minimum Gasteiger partial charge on any atom is -0.281 e. The minimum absolute atomic E-state index is 0.0290. The topological polar surface area (TPSA) is 58.7 Å². The molecule has 0 aliphatic heterocycles. The maximum absolute atomic E-state index is 12.0. The molecular formula is C11H8ClN3O. The van der Waals surface area contributed by atoms with Crippen molar-refractivity contribution >= 4 is 22.5 Å². The lowest BCUT2D eigenvalue weighted by Crippen LogP contribution is -2.24. The lowest BCUT2D eigenvalue weighted by Gasteiger charge is -2.07. The first-order valence-corrected chi connectivity index (χ1v) is 5.22. The summed E-state index contributed by atoms with van der Waals surface area (Å²) in [4.78, 5) is 16.3. The lowest BCUT2D eigenvalue weighted by molar-refractivity contribution is 0.729. The van der Waals surface area contributed by atoms with Crippen molar-refractivity contribution in [3.63, 3.8) is 0 Å². The number of para-hydroxylation sites is 1. The molecule has 0 fully saturated rings. The molecule has 0 spiro atoms. The summed E-state index contributed by atoms with van der Waals surface area (Å²) >= 11 is 5.71. The van der Waals surface area contributed by atoms with Crippen molar-refractivity contribution in [3.05, 3.63) is 40.4 Å². The van der Waals surface area contributed by atoms with E-state index in [0.29, 0.717) is 16.7 Å². The molecule has 16 heavy (non-hydrogen) atoms. The Morgan fingerprint density at radius 3 is 2.88 bits per heavy atom. The summed E-state index contributed by atoms with van der Waals surface area (Å²) in [7, 11) is 0. The molecule has 0 N–H and O–H groups in total. The molecule has 1 aromatic heterocycles. The molecule has 2 aromatic rings. The molecule has 1 heterocycles. The van der Waals surface area contributed by atoms with Crippen molar-refractivity contribution in [2.75, 3.05) is 0 Å². The normalized spacial score (nSPS) is 10.2. The van der Waals surface area contributed by atoms with E-state index >= 15 is 0 Å². The van der Waals surface area contributed by atoms with Gasteiger partial charge in [-0.25, -0.2) is 4.98 Å². The Labute approximate surface area is 96.7 Å². The van der Waals surface area contributed by atoms with Gasteiger partial charge in [-0.2, -0.15) is 5.26 Å². The lowest BCUT2D eigenvalue weighted by atomic mass is 10.2. The van der Waals surface area contributed by atoms with Gasteiger partial charge in [0, 0.05) is 0 Å². The minimum atomic E-state index is -0.220. The van der Waals surface area contributed by atoms with Gasteiger partial charge in [0.15, 0.2) is 0 Å². The zero-order valence-corrected chi connectivity index (χ0v) is 9.11. The molecule has 0 unspecified atom stereocenters. The number of rotatable bonds is 2. The molecule has 0 aliphatic carbocycles. The Balaban J connectivity index is 2.83. The third-order valence-electron chi connectivity index (χ3n) is 2.29. The number of fused-ring (bicyclic) bond motifs is 1. The second-order valence-electron chi connectivity index (χ2n) is 3.23. The Morgan fingerprint density at radius 2 is 2.19 bits per heavy atom. The van der Waals surface area contributed by atoms with E-state index in [9.17, 15) is 4.79 Å². The first kappa shape index (κ1) is 10.7. The van der Waals surface area contributed by atoms with Crippen molar-refractivity contribution in [2.45, 2.75) is 12.4 Å². The summed E-state index contributed by atoms with van der Waals surface area (Å²) in [5.74, 6) is 0.536. The summed E-state index contributed by atoms with van der Waals surface area (Å²) < 4.78 is 1.30. The third kappa shape index (κ3) is 1.66. The van der Waals surface area contributed by atoms with Gasteiger partial charge in [-0.1, -0.05) is 12.1 Å². The Morgan fingerprint density at radius 1 is 1.44 bits per heavy atom. The number of nitrogens with zero attached hydrogens (tertiary/aromatic N) is 3. The van der Waals surface area contributed by atoms with E-state index in [1.54, 1.807) is 24.3 Å². The van der Waals surface area contributed by atoms with E-state index in [1.165, 1.54) is 4.57 Å². The molecule has 4 nitrogen and oxygen atoms in total. The molecule has 0 aliphatic rings. The van der Waals surface area contributed by atoms with E-state index in [1.807, 2.05) is 6.07 Å². The average Bonchev–Trinajstić information content (AvgIpc) is 2.33. The van der Waals surface area contributed by atoms with Gasteiger partial charge >= 0.3 is 0 Å². The van der Waals surface area contributed by atoms with Crippen LogP contribution >= 0.6 is 11.6 Å². The summed E-state index contributed by atoms with van der Waals surface area (Å²) in [5.41, 5.74) is 0.389. The standard InChI is InChI=1S/C11H8ClN3O/c12-7-10-14-9-4-2-1-3-8(9)11(16)15(10)6-5-13/h1-4H,6-7H2. The molecule has 0 saturated carbocycles. The quantitative estimate of drug-likeness (QED) is 0.742. The van der Waals surface area contributed by atoms with Crippen molar-refractivity contribution < 1.29 is 0 Å². The van der Waals surface area contributed by atoms with Crippen LogP contribution in [0.5, 0.6) is 0 Å². The predicted molar refractivity (Wildman–Crippen MR) is 61.2 cm³/mol. The molecule has 0 bridgehead atoms. The van der Waals surface area contributed by atoms with Crippen LogP contribution in [-0.4, -0.2) is 9.55 Å². The van der Waals surface area contributed by atoms with Crippen LogP contribution in [0.25, 0.3) is 10.9 Å². The second kappa shape index (κ2) is 4.33. The maximum atomic E-state index is 12.0. The van der Waals surface area contributed by atoms with Gasteiger partial charge in [-0.15, -0.1) is 11.6 Å². The van der Waals surface area contributed by atoms with Gasteiger partial charge in [-0.3, -0.25) is 9.36 Å². The molecule has 5 heteroatoms. The fourth-order valence-corrected chi connectivity index (χ4v) is 1.75. The van der Waals surface area contributed by atoms with Crippen molar-refractivity contribution in [2.24, 2.45) is 0 Å². The molecule has 0 atom stereocenters. The van der Waals surface area contributed by atoms with E-state index in [0.717, 1.165) is 0 Å². The van der Waals surface area contributed by atoms with Crippen LogP contribution in [0.15, 0.2) is 29.1 Å². The van der Waals surface area contributed by atoms with Crippen molar-refractivity contribution in [1.29, 1.82) is 5.26 Å². The molecule has 2 rings (SSSR count). The zero-order valence-electron chi connectivity index (χ0n) is 8.35. The van der Waals surface area contributed by atoms with Crippen LogP contribution in [0, 0.1) is 11.3 Å². The van der Waals surface area contributed by atoms with Crippen molar-refractivity contribution in [1.82, 2.24) is 9.55 Å². The summed E-state index contributed by atoms with van der Waals surface area (Å²) in [6.45, 7) is -0.0290. The highest BCUT2D eigenvalue weighted by molar-refractivity contribution is 6.16. The number of nitriles is 1. The molecule has 1 aromatic carbocycles. The van der Waals surface area contributed by atoms with Gasteiger partial charge in [0.2, 0.25) is 0 Å². The molecule has 0 saturated heterocycles. The highest BCUT2D eigenvalue weighted by Gasteiger charge is 2.08. The number of aromatic nitrogens is 2. The van der Waals surface area contributed by atoms with E-state index in [2.05, 4.69) is 4.98 Å². The molecular weight excluding hydrogens is 226 g/mol. The Hall–Kier alpha value is -1.86. The first-order valence-electron chi connectivity index (χ1n) is 4.69. The largest absolute Gasteiger partial charge is 0.281 e. The third-order valence-corrected chi connectivity index (χ3v) is 2.53. The number of hydrogen-bond donors (Lipinski definition) is 0. The average molecular weight is 234 g/mol.